The van der Waals surface area contributed by atoms with Gasteiger partial charge in [-0.3, -0.25) is 10.1 Å². The van der Waals surface area contributed by atoms with Crippen molar-refractivity contribution in [1.29, 1.82) is 0 Å². The molecule has 0 saturated carbocycles. The second kappa shape index (κ2) is 5.13. The van der Waals surface area contributed by atoms with Crippen molar-refractivity contribution in [1.82, 2.24) is 9.97 Å². The van der Waals surface area contributed by atoms with Gasteiger partial charge >= 0.3 is 5.69 Å². The van der Waals surface area contributed by atoms with E-state index >= 15 is 0 Å². The summed E-state index contributed by atoms with van der Waals surface area (Å²) in [5.41, 5.74) is 5.29. The molecule has 8 nitrogen and oxygen atoms in total. The number of hydrogen-bond acceptors (Lipinski definition) is 7. The lowest BCUT2D eigenvalue weighted by molar-refractivity contribution is -0.383. The topological polar surface area (TPSA) is 118 Å². The maximum absolute atomic E-state index is 11.0. The van der Waals surface area contributed by atoms with Gasteiger partial charge in [-0.1, -0.05) is 0 Å². The number of nitrogen functional groups attached to an aromatic ring is 1. The first-order valence-electron chi connectivity index (χ1n) is 5.74. The molecule has 3 N–H and O–H groups in total. The molecule has 0 aromatic carbocycles. The van der Waals surface area contributed by atoms with Crippen molar-refractivity contribution in [3.05, 3.63) is 16.4 Å². The zero-order valence-electron chi connectivity index (χ0n) is 9.82. The Labute approximate surface area is 104 Å². The lowest BCUT2D eigenvalue weighted by atomic mass is 9.98. The molecule has 1 aliphatic rings. The first-order valence-corrected chi connectivity index (χ1v) is 5.74. The van der Waals surface area contributed by atoms with E-state index in [0.717, 1.165) is 12.8 Å². The van der Waals surface area contributed by atoms with Crippen molar-refractivity contribution in [2.75, 3.05) is 30.3 Å². The van der Waals surface area contributed by atoms with Crippen molar-refractivity contribution in [2.45, 2.75) is 12.8 Å². The van der Waals surface area contributed by atoms with Gasteiger partial charge in [-0.2, -0.15) is 0 Å². The Balaban J connectivity index is 2.24. The fourth-order valence-corrected chi connectivity index (χ4v) is 2.12. The van der Waals surface area contributed by atoms with Crippen LogP contribution < -0.4 is 10.6 Å². The van der Waals surface area contributed by atoms with Crippen molar-refractivity contribution in [3.8, 4) is 0 Å². The number of nitrogens with two attached hydrogens (primary N) is 1. The van der Waals surface area contributed by atoms with Gasteiger partial charge in [-0.05, 0) is 18.8 Å². The third-order valence-corrected chi connectivity index (χ3v) is 3.19. The molecule has 8 heteroatoms. The lowest BCUT2D eigenvalue weighted by Crippen LogP contribution is -2.35. The van der Waals surface area contributed by atoms with E-state index in [4.69, 9.17) is 10.8 Å². The third-order valence-electron chi connectivity index (χ3n) is 3.19. The molecule has 0 amide bonds. The minimum absolute atomic E-state index is 0.116. The summed E-state index contributed by atoms with van der Waals surface area (Å²) in [6.45, 7) is 1.41. The van der Waals surface area contributed by atoms with Crippen molar-refractivity contribution < 1.29 is 10.0 Å². The van der Waals surface area contributed by atoms with Crippen molar-refractivity contribution in [2.24, 2.45) is 5.92 Å². The summed E-state index contributed by atoms with van der Waals surface area (Å²) >= 11 is 0. The Morgan fingerprint density at radius 3 is 2.72 bits per heavy atom. The number of anilines is 2. The monoisotopic (exact) mass is 253 g/mol. The second-order valence-corrected chi connectivity index (χ2v) is 4.30. The maximum Gasteiger partial charge on any atom is 0.353 e. The van der Waals surface area contributed by atoms with Crippen LogP contribution in [0.4, 0.5) is 17.3 Å². The van der Waals surface area contributed by atoms with Gasteiger partial charge in [0.25, 0.3) is 0 Å². The number of aliphatic hydroxyl groups is 1. The van der Waals surface area contributed by atoms with E-state index in [9.17, 15) is 10.1 Å². The number of hydrogen-bond donors (Lipinski definition) is 2. The predicted octanol–water partition coefficient (Wildman–Crippen LogP) is 0.176. The van der Waals surface area contributed by atoms with E-state index in [0.29, 0.717) is 13.1 Å². The third kappa shape index (κ3) is 2.33. The van der Waals surface area contributed by atoms with Crippen LogP contribution in [-0.4, -0.2) is 39.7 Å². The Morgan fingerprint density at radius 1 is 1.50 bits per heavy atom. The van der Waals surface area contributed by atoms with E-state index in [1.54, 1.807) is 0 Å². The molecule has 0 aliphatic carbocycles. The summed E-state index contributed by atoms with van der Waals surface area (Å²) in [6, 6.07) is 0. The van der Waals surface area contributed by atoms with Crippen LogP contribution in [-0.2, 0) is 0 Å². The van der Waals surface area contributed by atoms with E-state index in [2.05, 4.69) is 9.97 Å². The predicted molar refractivity (Wildman–Crippen MR) is 65.1 cm³/mol. The van der Waals surface area contributed by atoms with E-state index < -0.39 is 4.92 Å². The Hall–Kier alpha value is -1.96. The normalized spacial score (nSPS) is 16.8. The maximum atomic E-state index is 11.0. The van der Waals surface area contributed by atoms with Gasteiger partial charge in [-0.25, -0.2) is 9.97 Å². The van der Waals surface area contributed by atoms with Crippen LogP contribution >= 0.6 is 0 Å². The van der Waals surface area contributed by atoms with E-state index in [1.165, 1.54) is 6.33 Å². The average Bonchev–Trinajstić information content (AvgIpc) is 2.38. The summed E-state index contributed by atoms with van der Waals surface area (Å²) in [5.74, 6) is 0.415. The molecular weight excluding hydrogens is 238 g/mol. The van der Waals surface area contributed by atoms with Gasteiger partial charge < -0.3 is 15.7 Å². The first kappa shape index (κ1) is 12.5. The molecule has 0 unspecified atom stereocenters. The van der Waals surface area contributed by atoms with Gasteiger partial charge in [0.2, 0.25) is 11.6 Å². The lowest BCUT2D eigenvalue weighted by Gasteiger charge is -2.31. The number of nitro groups is 1. The minimum Gasteiger partial charge on any atom is -0.396 e. The molecule has 2 heterocycles. The van der Waals surface area contributed by atoms with E-state index in [1.807, 2.05) is 4.90 Å². The summed E-state index contributed by atoms with van der Waals surface area (Å²) in [7, 11) is 0. The van der Waals surface area contributed by atoms with Crippen LogP contribution in [0.5, 0.6) is 0 Å². The number of rotatable bonds is 3. The fraction of sp³-hybridized carbons (Fsp3) is 0.600. The summed E-state index contributed by atoms with van der Waals surface area (Å²) in [6.07, 6.45) is 2.81. The zero-order valence-corrected chi connectivity index (χ0v) is 9.82. The van der Waals surface area contributed by atoms with Crippen LogP contribution in [0.15, 0.2) is 6.33 Å². The summed E-state index contributed by atoms with van der Waals surface area (Å²) < 4.78 is 0. The molecule has 0 atom stereocenters. The SMILES string of the molecule is Nc1ncnc(N2CCC(CO)CC2)c1[N+](=O)[O-]. The molecule has 0 bridgehead atoms. The number of aromatic nitrogens is 2. The van der Waals surface area contributed by atoms with Gasteiger partial charge in [-0.15, -0.1) is 0 Å². The van der Waals surface area contributed by atoms with Crippen LogP contribution in [0, 0.1) is 16.0 Å². The molecule has 2 rings (SSSR count). The average molecular weight is 253 g/mol. The van der Waals surface area contributed by atoms with Gasteiger partial charge in [0, 0.05) is 19.7 Å². The Kier molecular flexibility index (Phi) is 3.56. The highest BCUT2D eigenvalue weighted by Crippen LogP contribution is 2.32. The molecule has 1 fully saturated rings. The highest BCUT2D eigenvalue weighted by molar-refractivity contribution is 5.68. The number of nitrogens with zero attached hydrogens (tertiary/aromatic N) is 4. The van der Waals surface area contributed by atoms with Crippen LogP contribution in [0.1, 0.15) is 12.8 Å². The van der Waals surface area contributed by atoms with Gasteiger partial charge in [0.15, 0.2) is 0 Å². The van der Waals surface area contributed by atoms with Gasteiger partial charge in [0.1, 0.15) is 6.33 Å². The molecule has 1 aromatic heterocycles. The fourth-order valence-electron chi connectivity index (χ4n) is 2.12. The molecule has 0 radical (unpaired) electrons. The molecule has 18 heavy (non-hydrogen) atoms. The largest absolute Gasteiger partial charge is 0.396 e. The standard InChI is InChI=1S/C10H15N5O3/c11-9-8(15(17)18)10(13-6-12-9)14-3-1-7(5-16)2-4-14/h6-7,16H,1-5H2,(H2,11,12,13). The number of aliphatic hydroxyl groups excluding tert-OH is 1. The summed E-state index contributed by atoms with van der Waals surface area (Å²) in [5, 5.41) is 20.0. The van der Waals surface area contributed by atoms with E-state index in [-0.39, 0.29) is 29.8 Å². The number of piperidine rings is 1. The highest BCUT2D eigenvalue weighted by Gasteiger charge is 2.28. The minimum atomic E-state index is -0.553. The molecule has 0 spiro atoms. The summed E-state index contributed by atoms with van der Waals surface area (Å²) in [4.78, 5) is 19.9. The Morgan fingerprint density at radius 2 is 2.17 bits per heavy atom. The molecule has 98 valence electrons. The van der Waals surface area contributed by atoms with Crippen molar-refractivity contribution in [3.63, 3.8) is 0 Å². The zero-order chi connectivity index (χ0) is 13.1. The Bertz CT molecular complexity index is 445. The highest BCUT2D eigenvalue weighted by atomic mass is 16.6. The van der Waals surface area contributed by atoms with Crippen LogP contribution in [0.3, 0.4) is 0 Å². The van der Waals surface area contributed by atoms with Gasteiger partial charge in [0.05, 0.1) is 4.92 Å². The molecule has 1 saturated heterocycles. The van der Waals surface area contributed by atoms with Crippen LogP contribution in [0.25, 0.3) is 0 Å². The van der Waals surface area contributed by atoms with Crippen LogP contribution in [0.2, 0.25) is 0 Å². The second-order valence-electron chi connectivity index (χ2n) is 4.30. The molecule has 1 aliphatic heterocycles. The molecule has 1 aromatic rings. The van der Waals surface area contributed by atoms with Crippen molar-refractivity contribution >= 4 is 17.3 Å². The first-order chi connectivity index (χ1) is 8.63. The molecular formula is C10H15N5O3. The smallest absolute Gasteiger partial charge is 0.353 e. The quantitative estimate of drug-likeness (QED) is 0.582.